The van der Waals surface area contributed by atoms with Gasteiger partial charge in [0.15, 0.2) is 0 Å². The van der Waals surface area contributed by atoms with Crippen molar-refractivity contribution >= 4 is 23.2 Å². The van der Waals surface area contributed by atoms with Gasteiger partial charge in [0.1, 0.15) is 5.82 Å². The van der Waals surface area contributed by atoms with Gasteiger partial charge in [-0.15, -0.1) is 0 Å². The first-order valence-corrected chi connectivity index (χ1v) is 8.34. The number of nitrogens with zero attached hydrogens (tertiary/aromatic N) is 2. The second-order valence-electron chi connectivity index (χ2n) is 6.10. The topological polar surface area (TPSA) is 46.9 Å². The van der Waals surface area contributed by atoms with Crippen molar-refractivity contribution in [1.82, 2.24) is 9.55 Å². The second-order valence-corrected chi connectivity index (χ2v) is 6.50. The molecule has 6 heteroatoms. The van der Waals surface area contributed by atoms with Gasteiger partial charge in [0.2, 0.25) is 5.91 Å². The molecule has 4 rings (SSSR count). The highest BCUT2D eigenvalue weighted by Crippen LogP contribution is 2.50. The quantitative estimate of drug-likeness (QED) is 0.753. The van der Waals surface area contributed by atoms with E-state index in [-0.39, 0.29) is 17.7 Å². The third-order valence-corrected chi connectivity index (χ3v) is 4.77. The summed E-state index contributed by atoms with van der Waals surface area (Å²) in [5.74, 6) is -0.533. The Balaban J connectivity index is 1.46. The molecule has 2 unspecified atom stereocenters. The molecule has 25 heavy (non-hydrogen) atoms. The summed E-state index contributed by atoms with van der Waals surface area (Å²) in [7, 11) is 0. The number of imidazole rings is 1. The van der Waals surface area contributed by atoms with Gasteiger partial charge in [0, 0.05) is 29.0 Å². The average Bonchev–Trinajstić information content (AvgIpc) is 3.21. The molecule has 0 spiro atoms. The SMILES string of the molecule is O=C(Nc1ccc(-n2ccnc2)c(F)c1)C1CC1c1ccccc1Cl. The van der Waals surface area contributed by atoms with E-state index in [4.69, 9.17) is 11.6 Å². The zero-order valence-corrected chi connectivity index (χ0v) is 13.9. The van der Waals surface area contributed by atoms with Gasteiger partial charge in [-0.05, 0) is 42.2 Å². The van der Waals surface area contributed by atoms with E-state index in [1.54, 1.807) is 29.1 Å². The van der Waals surface area contributed by atoms with Crippen molar-refractivity contribution in [2.45, 2.75) is 12.3 Å². The summed E-state index contributed by atoms with van der Waals surface area (Å²) in [5, 5.41) is 3.47. The van der Waals surface area contributed by atoms with Crippen molar-refractivity contribution in [3.05, 3.63) is 77.6 Å². The number of aromatic nitrogens is 2. The standard InChI is InChI=1S/C19H15ClFN3O/c20-16-4-2-1-3-13(16)14-10-15(14)19(25)23-12-5-6-18(17(21)9-12)24-8-7-22-11-24/h1-9,11,14-15H,10H2,(H,23,25). The minimum atomic E-state index is -0.422. The van der Waals surface area contributed by atoms with Crippen LogP contribution >= 0.6 is 11.6 Å². The number of carbonyl (C=O) groups excluding carboxylic acids is 1. The van der Waals surface area contributed by atoms with E-state index in [9.17, 15) is 9.18 Å². The minimum Gasteiger partial charge on any atom is -0.326 e. The van der Waals surface area contributed by atoms with Gasteiger partial charge in [-0.2, -0.15) is 0 Å². The van der Waals surface area contributed by atoms with Crippen molar-refractivity contribution in [2.75, 3.05) is 5.32 Å². The smallest absolute Gasteiger partial charge is 0.228 e. The number of hydrogen-bond donors (Lipinski definition) is 1. The summed E-state index contributed by atoms with van der Waals surface area (Å²) in [6.07, 6.45) is 5.52. The fourth-order valence-corrected chi connectivity index (χ4v) is 3.31. The molecule has 0 radical (unpaired) electrons. The summed E-state index contributed by atoms with van der Waals surface area (Å²) in [6.45, 7) is 0. The monoisotopic (exact) mass is 355 g/mol. The van der Waals surface area contributed by atoms with Crippen LogP contribution in [0.4, 0.5) is 10.1 Å². The lowest BCUT2D eigenvalue weighted by Gasteiger charge is -2.09. The molecule has 0 saturated heterocycles. The number of halogens is 2. The molecule has 1 amide bonds. The Morgan fingerprint density at radius 1 is 1.28 bits per heavy atom. The van der Waals surface area contributed by atoms with Crippen molar-refractivity contribution in [3.8, 4) is 5.69 Å². The Bertz CT molecular complexity index is 926. The Kier molecular flexibility index (Phi) is 4.01. The third kappa shape index (κ3) is 3.15. The van der Waals surface area contributed by atoms with E-state index < -0.39 is 5.82 Å². The summed E-state index contributed by atoms with van der Waals surface area (Å²) in [4.78, 5) is 16.3. The Morgan fingerprint density at radius 2 is 2.12 bits per heavy atom. The average molecular weight is 356 g/mol. The number of anilines is 1. The minimum absolute atomic E-state index is 0.111. The summed E-state index contributed by atoms with van der Waals surface area (Å²) < 4.78 is 15.8. The molecule has 1 aliphatic rings. The first-order valence-electron chi connectivity index (χ1n) is 7.96. The van der Waals surface area contributed by atoms with Gasteiger partial charge >= 0.3 is 0 Å². The van der Waals surface area contributed by atoms with E-state index in [1.165, 1.54) is 12.4 Å². The van der Waals surface area contributed by atoms with Crippen LogP contribution in [0.2, 0.25) is 5.02 Å². The third-order valence-electron chi connectivity index (χ3n) is 4.43. The number of carbonyl (C=O) groups is 1. The first-order chi connectivity index (χ1) is 12.1. The molecule has 1 aromatic heterocycles. The molecule has 1 N–H and O–H groups in total. The van der Waals surface area contributed by atoms with Gasteiger partial charge in [0.25, 0.3) is 0 Å². The molecule has 3 aromatic rings. The summed E-state index contributed by atoms with van der Waals surface area (Å²) in [5.41, 5.74) is 1.82. The Labute approximate surface area is 149 Å². The lowest BCUT2D eigenvalue weighted by molar-refractivity contribution is -0.117. The normalized spacial score (nSPS) is 18.8. The van der Waals surface area contributed by atoms with Crippen LogP contribution in [0, 0.1) is 11.7 Å². The van der Waals surface area contributed by atoms with Crippen LogP contribution < -0.4 is 5.32 Å². The van der Waals surface area contributed by atoms with Crippen LogP contribution in [-0.4, -0.2) is 15.5 Å². The van der Waals surface area contributed by atoms with Gasteiger partial charge in [-0.1, -0.05) is 29.8 Å². The molecule has 4 nitrogen and oxygen atoms in total. The van der Waals surface area contributed by atoms with Crippen LogP contribution in [0.15, 0.2) is 61.2 Å². The first kappa shape index (κ1) is 15.8. The highest BCUT2D eigenvalue weighted by molar-refractivity contribution is 6.31. The van der Waals surface area contributed by atoms with E-state index in [0.717, 1.165) is 12.0 Å². The molecule has 0 bridgehead atoms. The van der Waals surface area contributed by atoms with Gasteiger partial charge in [-0.25, -0.2) is 9.37 Å². The second kappa shape index (κ2) is 6.33. The molecule has 126 valence electrons. The number of rotatable bonds is 4. The Hall–Kier alpha value is -2.66. The highest BCUT2D eigenvalue weighted by atomic mass is 35.5. The predicted molar refractivity (Wildman–Crippen MR) is 94.5 cm³/mol. The largest absolute Gasteiger partial charge is 0.326 e. The van der Waals surface area contributed by atoms with Crippen molar-refractivity contribution in [2.24, 2.45) is 5.92 Å². The van der Waals surface area contributed by atoms with Crippen molar-refractivity contribution in [3.63, 3.8) is 0 Å². The van der Waals surface area contributed by atoms with E-state index in [2.05, 4.69) is 10.3 Å². The predicted octanol–water partition coefficient (Wildman–Crippen LogP) is 4.41. The zero-order valence-electron chi connectivity index (χ0n) is 13.2. The summed E-state index contributed by atoms with van der Waals surface area (Å²) in [6, 6.07) is 12.2. The van der Waals surface area contributed by atoms with Crippen LogP contribution in [0.1, 0.15) is 17.9 Å². The fraction of sp³-hybridized carbons (Fsp3) is 0.158. The molecular formula is C19H15ClFN3O. The number of benzene rings is 2. The van der Waals surface area contributed by atoms with E-state index in [1.807, 2.05) is 24.3 Å². The number of hydrogen-bond acceptors (Lipinski definition) is 2. The lowest BCUT2D eigenvalue weighted by Crippen LogP contribution is -2.15. The van der Waals surface area contributed by atoms with E-state index >= 15 is 0 Å². The van der Waals surface area contributed by atoms with Crippen LogP contribution in [0.25, 0.3) is 5.69 Å². The summed E-state index contributed by atoms with van der Waals surface area (Å²) >= 11 is 6.19. The molecular weight excluding hydrogens is 341 g/mol. The molecule has 1 saturated carbocycles. The van der Waals surface area contributed by atoms with Crippen LogP contribution in [0.5, 0.6) is 0 Å². The Morgan fingerprint density at radius 3 is 2.84 bits per heavy atom. The molecule has 1 fully saturated rings. The lowest BCUT2D eigenvalue weighted by atomic mass is 10.1. The van der Waals surface area contributed by atoms with Gasteiger partial charge in [-0.3, -0.25) is 4.79 Å². The molecule has 1 aliphatic carbocycles. The van der Waals surface area contributed by atoms with Crippen LogP contribution in [-0.2, 0) is 4.79 Å². The van der Waals surface area contributed by atoms with Crippen molar-refractivity contribution in [1.29, 1.82) is 0 Å². The fourth-order valence-electron chi connectivity index (χ4n) is 3.03. The number of amides is 1. The zero-order chi connectivity index (χ0) is 17.4. The maximum absolute atomic E-state index is 14.3. The van der Waals surface area contributed by atoms with Crippen molar-refractivity contribution < 1.29 is 9.18 Å². The molecule has 2 atom stereocenters. The van der Waals surface area contributed by atoms with Crippen LogP contribution in [0.3, 0.4) is 0 Å². The van der Waals surface area contributed by atoms with E-state index in [0.29, 0.717) is 16.4 Å². The highest BCUT2D eigenvalue weighted by Gasteiger charge is 2.44. The molecule has 1 heterocycles. The maximum Gasteiger partial charge on any atom is 0.228 e. The number of nitrogens with one attached hydrogen (secondary N) is 1. The van der Waals surface area contributed by atoms with Gasteiger partial charge in [0.05, 0.1) is 12.0 Å². The molecule has 2 aromatic carbocycles. The maximum atomic E-state index is 14.3. The van der Waals surface area contributed by atoms with Gasteiger partial charge < -0.3 is 9.88 Å². The molecule has 0 aliphatic heterocycles.